The van der Waals surface area contributed by atoms with E-state index < -0.39 is 4.92 Å². The second-order valence-corrected chi connectivity index (χ2v) is 8.17. The number of quaternary nitrogens is 2. The van der Waals surface area contributed by atoms with Gasteiger partial charge in [0.25, 0.3) is 11.6 Å². The topological polar surface area (TPSA) is 84.4 Å². The lowest BCUT2D eigenvalue weighted by Crippen LogP contribution is -3.27. The molecule has 3 N–H and O–H groups in total. The molecule has 3 rings (SSSR count). The van der Waals surface area contributed by atoms with Gasteiger partial charge in [-0.3, -0.25) is 14.9 Å². The largest absolute Gasteiger partial charge is 0.378 e. The number of likely N-dealkylation sites (N-methyl/N-ethyl adjacent to an activating group) is 1. The monoisotopic (exact) mass is 413 g/mol. The molecule has 160 valence electrons. The van der Waals surface area contributed by atoms with Crippen molar-refractivity contribution in [2.45, 2.75) is 6.04 Å². The first-order valence-corrected chi connectivity index (χ1v) is 10.3. The Labute approximate surface area is 177 Å². The van der Waals surface area contributed by atoms with E-state index in [4.69, 9.17) is 0 Å². The van der Waals surface area contributed by atoms with Gasteiger partial charge in [-0.25, -0.2) is 0 Å². The van der Waals surface area contributed by atoms with Gasteiger partial charge in [-0.15, -0.1) is 0 Å². The first kappa shape index (κ1) is 21.7. The van der Waals surface area contributed by atoms with Crippen LogP contribution in [0.4, 0.5) is 11.4 Å². The van der Waals surface area contributed by atoms with E-state index in [0.29, 0.717) is 12.1 Å². The number of rotatable bonds is 7. The lowest BCUT2D eigenvalue weighted by atomic mass is 10.0. The van der Waals surface area contributed by atoms with Crippen LogP contribution in [0.5, 0.6) is 0 Å². The molecule has 1 fully saturated rings. The predicted octanol–water partition coefficient (Wildman–Crippen LogP) is -0.455. The number of piperazine rings is 1. The standard InChI is InChI=1S/C22H29N5O3/c1-24(2)19-9-7-17(8-10-19)21(26-13-11-25(3)12-14-26)16-23-22(28)18-5-4-6-20(15-18)27(29)30/h4-10,15,21H,11-14,16H2,1-3H3,(H,23,28)/p+2/t21-/m1/s1. The Bertz CT molecular complexity index is 877. The molecule has 1 saturated heterocycles. The van der Waals surface area contributed by atoms with Crippen molar-refractivity contribution in [2.24, 2.45) is 0 Å². The second-order valence-electron chi connectivity index (χ2n) is 8.17. The van der Waals surface area contributed by atoms with E-state index >= 15 is 0 Å². The van der Waals surface area contributed by atoms with E-state index in [2.05, 4.69) is 41.5 Å². The van der Waals surface area contributed by atoms with Gasteiger partial charge in [0.2, 0.25) is 0 Å². The zero-order valence-corrected chi connectivity index (χ0v) is 17.9. The molecule has 1 aliphatic rings. The predicted molar refractivity (Wildman–Crippen MR) is 116 cm³/mol. The van der Waals surface area contributed by atoms with Crippen LogP contribution in [0.15, 0.2) is 48.5 Å². The molecule has 1 heterocycles. The maximum absolute atomic E-state index is 12.7. The van der Waals surface area contributed by atoms with Crippen LogP contribution >= 0.6 is 0 Å². The number of nitrogens with one attached hydrogen (secondary N) is 3. The molecule has 0 bridgehead atoms. The van der Waals surface area contributed by atoms with E-state index in [1.54, 1.807) is 12.1 Å². The summed E-state index contributed by atoms with van der Waals surface area (Å²) in [7, 11) is 6.24. The lowest BCUT2D eigenvalue weighted by Gasteiger charge is -2.33. The fourth-order valence-electron chi connectivity index (χ4n) is 3.91. The summed E-state index contributed by atoms with van der Waals surface area (Å²) < 4.78 is 0. The normalized spacial score (nSPS) is 19.7. The molecule has 0 aromatic heterocycles. The Balaban J connectivity index is 1.76. The van der Waals surface area contributed by atoms with Gasteiger partial charge in [0, 0.05) is 43.0 Å². The molecule has 1 atom stereocenters. The number of anilines is 1. The second kappa shape index (κ2) is 9.69. The van der Waals surface area contributed by atoms with Crippen molar-refractivity contribution in [3.63, 3.8) is 0 Å². The third-order valence-electron chi connectivity index (χ3n) is 5.84. The van der Waals surface area contributed by atoms with Gasteiger partial charge in [0.05, 0.1) is 18.5 Å². The Morgan fingerprint density at radius 3 is 2.40 bits per heavy atom. The van der Waals surface area contributed by atoms with Crippen LogP contribution in [0.3, 0.4) is 0 Å². The number of nitro groups is 1. The number of carbonyl (C=O) groups is 1. The molecule has 8 nitrogen and oxygen atoms in total. The van der Waals surface area contributed by atoms with E-state index in [0.717, 1.165) is 31.9 Å². The van der Waals surface area contributed by atoms with Crippen molar-refractivity contribution in [2.75, 3.05) is 58.8 Å². The number of hydrogen-bond acceptors (Lipinski definition) is 4. The molecule has 0 unspecified atom stereocenters. The highest BCUT2D eigenvalue weighted by atomic mass is 16.6. The van der Waals surface area contributed by atoms with Crippen LogP contribution in [0.1, 0.15) is 22.0 Å². The van der Waals surface area contributed by atoms with Gasteiger partial charge in [-0.2, -0.15) is 0 Å². The maximum atomic E-state index is 12.7. The highest BCUT2D eigenvalue weighted by molar-refractivity contribution is 5.94. The Hall–Kier alpha value is -2.97. The Morgan fingerprint density at radius 1 is 1.13 bits per heavy atom. The van der Waals surface area contributed by atoms with Crippen LogP contribution in [-0.4, -0.2) is 64.7 Å². The average molecular weight is 414 g/mol. The zero-order chi connectivity index (χ0) is 21.7. The zero-order valence-electron chi connectivity index (χ0n) is 17.9. The summed E-state index contributed by atoms with van der Waals surface area (Å²) in [6, 6.07) is 14.5. The first-order valence-electron chi connectivity index (χ1n) is 10.3. The van der Waals surface area contributed by atoms with Crippen molar-refractivity contribution < 1.29 is 19.5 Å². The minimum absolute atomic E-state index is 0.0776. The van der Waals surface area contributed by atoms with Crippen LogP contribution in [-0.2, 0) is 0 Å². The number of carbonyl (C=O) groups excluding carboxylic acids is 1. The number of amides is 1. The average Bonchev–Trinajstić information content (AvgIpc) is 2.75. The third-order valence-corrected chi connectivity index (χ3v) is 5.84. The van der Waals surface area contributed by atoms with Gasteiger partial charge in [0.15, 0.2) is 0 Å². The van der Waals surface area contributed by atoms with Crippen LogP contribution in [0.25, 0.3) is 0 Å². The first-order chi connectivity index (χ1) is 14.3. The molecular formula is C22H31N5O3+2. The van der Waals surface area contributed by atoms with Gasteiger partial charge >= 0.3 is 0 Å². The Kier molecular flexibility index (Phi) is 7.02. The van der Waals surface area contributed by atoms with Gasteiger partial charge in [-0.1, -0.05) is 18.2 Å². The van der Waals surface area contributed by atoms with Crippen LogP contribution < -0.4 is 20.0 Å². The molecule has 0 spiro atoms. The molecular weight excluding hydrogens is 382 g/mol. The van der Waals surface area contributed by atoms with Gasteiger partial charge in [-0.05, 0) is 18.2 Å². The minimum atomic E-state index is -0.484. The van der Waals surface area contributed by atoms with E-state index in [1.165, 1.54) is 27.5 Å². The van der Waals surface area contributed by atoms with Crippen LogP contribution in [0, 0.1) is 10.1 Å². The summed E-state index contributed by atoms with van der Waals surface area (Å²) in [4.78, 5) is 28.2. The van der Waals surface area contributed by atoms with Crippen molar-refractivity contribution in [3.05, 3.63) is 69.8 Å². The Morgan fingerprint density at radius 2 is 1.80 bits per heavy atom. The van der Waals surface area contributed by atoms with Gasteiger partial charge < -0.3 is 20.0 Å². The molecule has 2 aromatic rings. The summed E-state index contributed by atoms with van der Waals surface area (Å²) in [6.45, 7) is 4.76. The molecule has 2 aromatic carbocycles. The fourth-order valence-corrected chi connectivity index (χ4v) is 3.91. The lowest BCUT2D eigenvalue weighted by molar-refractivity contribution is -1.02. The molecule has 0 aliphatic carbocycles. The van der Waals surface area contributed by atoms with Crippen molar-refractivity contribution >= 4 is 17.3 Å². The van der Waals surface area contributed by atoms with Crippen molar-refractivity contribution in [1.29, 1.82) is 0 Å². The quantitative estimate of drug-likeness (QED) is 0.424. The number of hydrogen-bond donors (Lipinski definition) is 3. The van der Waals surface area contributed by atoms with Crippen molar-refractivity contribution in [1.82, 2.24) is 5.32 Å². The molecule has 0 saturated carbocycles. The number of nitro benzene ring substituents is 1. The molecule has 30 heavy (non-hydrogen) atoms. The fraction of sp³-hybridized carbons (Fsp3) is 0.409. The number of nitrogens with zero attached hydrogens (tertiary/aromatic N) is 2. The van der Waals surface area contributed by atoms with Gasteiger partial charge in [0.1, 0.15) is 32.2 Å². The molecule has 1 amide bonds. The van der Waals surface area contributed by atoms with Crippen molar-refractivity contribution in [3.8, 4) is 0 Å². The smallest absolute Gasteiger partial charge is 0.270 e. The molecule has 0 radical (unpaired) electrons. The van der Waals surface area contributed by atoms with E-state index in [9.17, 15) is 14.9 Å². The summed E-state index contributed by atoms with van der Waals surface area (Å²) in [5.74, 6) is -0.284. The molecule has 1 aliphatic heterocycles. The summed E-state index contributed by atoms with van der Waals surface area (Å²) >= 11 is 0. The molecule has 8 heteroatoms. The van der Waals surface area contributed by atoms with Crippen LogP contribution in [0.2, 0.25) is 0 Å². The highest BCUT2D eigenvalue weighted by Crippen LogP contribution is 2.17. The summed E-state index contributed by atoms with van der Waals surface area (Å²) in [6.07, 6.45) is 0. The maximum Gasteiger partial charge on any atom is 0.270 e. The summed E-state index contributed by atoms with van der Waals surface area (Å²) in [5.41, 5.74) is 2.56. The third kappa shape index (κ3) is 5.34. The summed E-state index contributed by atoms with van der Waals surface area (Å²) in [5, 5.41) is 14.0. The van der Waals surface area contributed by atoms with E-state index in [1.807, 2.05) is 14.1 Å². The SMILES string of the molecule is CN(C)c1ccc([C@@H](CNC(=O)c2cccc([N+](=O)[O-])c2)[NH+]2CC[NH+](C)CC2)cc1. The van der Waals surface area contributed by atoms with E-state index in [-0.39, 0.29) is 17.6 Å². The minimum Gasteiger partial charge on any atom is -0.378 e. The number of non-ortho nitro benzene ring substituents is 1. The number of benzene rings is 2. The highest BCUT2D eigenvalue weighted by Gasteiger charge is 2.30.